The summed E-state index contributed by atoms with van der Waals surface area (Å²) < 4.78 is 7.12. The standard InChI is InChI=1S/C28H32N6O3/c1-19-8-6-14-30-25(19)34(22-9-7-15-33(18-22)27(36)37-28(2,3)4)26(35)21-12-10-20(11-13-21)23-17-31-32(5)24(23)16-29/h6,8,10-14,17,22H,7,9,15,18H2,1-5H3/t22-/m1/s1. The van der Waals surface area contributed by atoms with Gasteiger partial charge in [-0.15, -0.1) is 0 Å². The first kappa shape index (κ1) is 25.9. The minimum absolute atomic E-state index is 0.198. The molecule has 37 heavy (non-hydrogen) atoms. The van der Waals surface area contributed by atoms with Gasteiger partial charge in [0.05, 0.1) is 12.2 Å². The fourth-order valence-corrected chi connectivity index (χ4v) is 4.54. The number of hydrogen-bond acceptors (Lipinski definition) is 6. The molecule has 1 aliphatic rings. The van der Waals surface area contributed by atoms with Crippen molar-refractivity contribution >= 4 is 17.8 Å². The Labute approximate surface area is 217 Å². The summed E-state index contributed by atoms with van der Waals surface area (Å²) in [5.74, 6) is 0.378. The summed E-state index contributed by atoms with van der Waals surface area (Å²) in [6, 6.07) is 12.8. The first-order valence-corrected chi connectivity index (χ1v) is 12.3. The zero-order valence-electron chi connectivity index (χ0n) is 21.9. The van der Waals surface area contributed by atoms with Crippen LogP contribution in [0.15, 0.2) is 48.8 Å². The lowest BCUT2D eigenvalue weighted by Gasteiger charge is -2.39. The summed E-state index contributed by atoms with van der Waals surface area (Å²) in [5.41, 5.74) is 2.73. The first-order chi connectivity index (χ1) is 17.6. The molecule has 0 spiro atoms. The summed E-state index contributed by atoms with van der Waals surface area (Å²) in [6.45, 7) is 8.38. The number of amides is 2. The van der Waals surface area contributed by atoms with Crippen LogP contribution < -0.4 is 4.90 Å². The highest BCUT2D eigenvalue weighted by Gasteiger charge is 2.35. The number of ether oxygens (including phenoxy) is 1. The first-order valence-electron chi connectivity index (χ1n) is 12.3. The van der Waals surface area contributed by atoms with E-state index in [1.165, 1.54) is 4.68 Å². The highest BCUT2D eigenvalue weighted by molar-refractivity contribution is 6.06. The van der Waals surface area contributed by atoms with Gasteiger partial charge in [0.25, 0.3) is 5.91 Å². The quantitative estimate of drug-likeness (QED) is 0.514. The normalized spacial score (nSPS) is 15.7. The van der Waals surface area contributed by atoms with Gasteiger partial charge >= 0.3 is 6.09 Å². The molecule has 1 saturated heterocycles. The maximum absolute atomic E-state index is 14.0. The minimum Gasteiger partial charge on any atom is -0.444 e. The Bertz CT molecular complexity index is 1330. The van der Waals surface area contributed by atoms with Gasteiger partial charge in [-0.3, -0.25) is 14.4 Å². The molecule has 0 radical (unpaired) electrons. The molecule has 1 aliphatic heterocycles. The number of pyridine rings is 1. The second-order valence-corrected chi connectivity index (χ2v) is 10.3. The molecule has 9 heteroatoms. The lowest BCUT2D eigenvalue weighted by molar-refractivity contribution is 0.0196. The summed E-state index contributed by atoms with van der Waals surface area (Å²) in [5, 5.41) is 13.6. The SMILES string of the molecule is Cc1cccnc1N(C(=O)c1ccc(-c2cnn(C)c2C#N)cc1)[C@@H]1CCCN(C(=O)OC(C)(C)C)C1. The molecule has 0 saturated carbocycles. The van der Waals surface area contributed by atoms with Gasteiger partial charge in [0.15, 0.2) is 0 Å². The molecular weight excluding hydrogens is 468 g/mol. The third kappa shape index (κ3) is 5.64. The van der Waals surface area contributed by atoms with Crippen LogP contribution in [0.2, 0.25) is 0 Å². The molecule has 9 nitrogen and oxygen atoms in total. The second kappa shape index (κ2) is 10.4. The fraction of sp³-hybridized carbons (Fsp3) is 0.393. The van der Waals surface area contributed by atoms with Crippen molar-refractivity contribution in [2.75, 3.05) is 18.0 Å². The Morgan fingerprint density at radius 1 is 1.19 bits per heavy atom. The van der Waals surface area contributed by atoms with E-state index in [9.17, 15) is 14.9 Å². The zero-order valence-corrected chi connectivity index (χ0v) is 21.9. The number of rotatable bonds is 4. The predicted molar refractivity (Wildman–Crippen MR) is 140 cm³/mol. The largest absolute Gasteiger partial charge is 0.444 e. The van der Waals surface area contributed by atoms with E-state index >= 15 is 0 Å². The third-order valence-corrected chi connectivity index (χ3v) is 6.33. The van der Waals surface area contributed by atoms with Crippen LogP contribution in [0.5, 0.6) is 0 Å². The van der Waals surface area contributed by atoms with Crippen LogP contribution in [0.3, 0.4) is 0 Å². The molecular formula is C28H32N6O3. The average Bonchev–Trinajstić information content (AvgIpc) is 3.25. The van der Waals surface area contributed by atoms with E-state index in [2.05, 4.69) is 16.2 Å². The van der Waals surface area contributed by atoms with Crippen molar-refractivity contribution in [2.24, 2.45) is 7.05 Å². The van der Waals surface area contributed by atoms with Crippen LogP contribution in [0.1, 0.15) is 55.2 Å². The number of nitrogens with zero attached hydrogens (tertiary/aromatic N) is 6. The van der Waals surface area contributed by atoms with Gasteiger partial charge in [-0.05, 0) is 69.9 Å². The summed E-state index contributed by atoms with van der Waals surface area (Å²) in [7, 11) is 1.72. The van der Waals surface area contributed by atoms with Crippen molar-refractivity contribution in [3.63, 3.8) is 0 Å². The number of carbonyl (C=O) groups is 2. The smallest absolute Gasteiger partial charge is 0.410 e. The lowest BCUT2D eigenvalue weighted by atomic mass is 10.0. The third-order valence-electron chi connectivity index (χ3n) is 6.33. The van der Waals surface area contributed by atoms with Gasteiger partial charge in [0.1, 0.15) is 23.2 Å². The number of nitriles is 1. The molecule has 2 aromatic heterocycles. The summed E-state index contributed by atoms with van der Waals surface area (Å²) >= 11 is 0. The number of aromatic nitrogens is 3. The van der Waals surface area contributed by atoms with E-state index in [4.69, 9.17) is 4.74 Å². The van der Waals surface area contributed by atoms with E-state index in [0.29, 0.717) is 35.7 Å². The summed E-state index contributed by atoms with van der Waals surface area (Å²) in [4.78, 5) is 34.7. The molecule has 0 bridgehead atoms. The maximum Gasteiger partial charge on any atom is 0.410 e. The van der Waals surface area contributed by atoms with Gasteiger partial charge in [0, 0.05) is 37.5 Å². The van der Waals surface area contributed by atoms with Gasteiger partial charge in [-0.1, -0.05) is 18.2 Å². The van der Waals surface area contributed by atoms with Crippen LogP contribution in [-0.2, 0) is 11.8 Å². The Kier molecular flexibility index (Phi) is 7.30. The molecule has 1 atom stereocenters. The maximum atomic E-state index is 14.0. The van der Waals surface area contributed by atoms with E-state index in [1.807, 2.05) is 52.0 Å². The van der Waals surface area contributed by atoms with Crippen molar-refractivity contribution in [3.8, 4) is 17.2 Å². The number of hydrogen-bond donors (Lipinski definition) is 0. The Hall–Kier alpha value is -4.19. The Morgan fingerprint density at radius 3 is 2.57 bits per heavy atom. The summed E-state index contributed by atoms with van der Waals surface area (Å²) in [6.07, 6.45) is 4.42. The highest BCUT2D eigenvalue weighted by atomic mass is 16.6. The lowest BCUT2D eigenvalue weighted by Crippen LogP contribution is -2.53. The monoisotopic (exact) mass is 500 g/mol. The van der Waals surface area contributed by atoms with Crippen LogP contribution >= 0.6 is 0 Å². The van der Waals surface area contributed by atoms with Gasteiger partial charge in [-0.25, -0.2) is 9.78 Å². The molecule has 0 N–H and O–H groups in total. The van der Waals surface area contributed by atoms with Crippen LogP contribution in [0.25, 0.3) is 11.1 Å². The topological polar surface area (TPSA) is 104 Å². The molecule has 0 aliphatic carbocycles. The average molecular weight is 501 g/mol. The van der Waals surface area contributed by atoms with E-state index in [0.717, 1.165) is 24.0 Å². The van der Waals surface area contributed by atoms with E-state index in [1.54, 1.807) is 41.4 Å². The van der Waals surface area contributed by atoms with Crippen molar-refractivity contribution in [1.82, 2.24) is 19.7 Å². The number of aryl methyl sites for hydroxylation is 2. The van der Waals surface area contributed by atoms with Crippen molar-refractivity contribution in [2.45, 2.75) is 52.2 Å². The molecule has 3 aromatic rings. The minimum atomic E-state index is -0.599. The fourth-order valence-electron chi connectivity index (χ4n) is 4.54. The number of likely N-dealkylation sites (tertiary alicyclic amines) is 1. The highest BCUT2D eigenvalue weighted by Crippen LogP contribution is 2.29. The molecule has 1 fully saturated rings. The zero-order chi connectivity index (χ0) is 26.7. The number of piperidine rings is 1. The van der Waals surface area contributed by atoms with Crippen molar-refractivity contribution < 1.29 is 14.3 Å². The molecule has 4 rings (SSSR count). The number of carbonyl (C=O) groups excluding carboxylic acids is 2. The van der Waals surface area contributed by atoms with Crippen molar-refractivity contribution in [3.05, 3.63) is 65.6 Å². The van der Waals surface area contributed by atoms with E-state index < -0.39 is 5.60 Å². The van der Waals surface area contributed by atoms with Gasteiger partial charge in [0.2, 0.25) is 0 Å². The molecule has 3 heterocycles. The van der Waals surface area contributed by atoms with E-state index in [-0.39, 0.29) is 18.0 Å². The van der Waals surface area contributed by atoms with Crippen LogP contribution in [0.4, 0.5) is 10.6 Å². The predicted octanol–water partition coefficient (Wildman–Crippen LogP) is 4.71. The molecule has 1 aromatic carbocycles. The van der Waals surface area contributed by atoms with Gasteiger partial charge < -0.3 is 9.64 Å². The Balaban J connectivity index is 1.65. The molecule has 192 valence electrons. The Morgan fingerprint density at radius 2 is 1.92 bits per heavy atom. The van der Waals surface area contributed by atoms with Crippen LogP contribution in [-0.4, -0.2) is 56.4 Å². The second-order valence-electron chi connectivity index (χ2n) is 10.3. The molecule has 2 amide bonds. The van der Waals surface area contributed by atoms with Gasteiger partial charge in [-0.2, -0.15) is 10.4 Å². The molecule has 0 unspecified atom stereocenters. The van der Waals surface area contributed by atoms with Crippen LogP contribution in [0, 0.1) is 18.3 Å². The number of benzene rings is 1. The van der Waals surface area contributed by atoms with Crippen molar-refractivity contribution in [1.29, 1.82) is 5.26 Å². The number of anilines is 1.